The number of amides is 1. The van der Waals surface area contributed by atoms with Crippen LogP contribution >= 0.6 is 0 Å². The molecule has 0 aliphatic carbocycles. The molecule has 0 N–H and O–H groups in total. The lowest BCUT2D eigenvalue weighted by molar-refractivity contribution is -0.113. The molecule has 1 fully saturated rings. The molecule has 1 aromatic carbocycles. The molecule has 0 saturated carbocycles. The smallest absolute Gasteiger partial charge is 0.282 e. The van der Waals surface area contributed by atoms with E-state index < -0.39 is 19.0 Å². The van der Waals surface area contributed by atoms with Gasteiger partial charge in [-0.2, -0.15) is 0 Å². The van der Waals surface area contributed by atoms with Gasteiger partial charge < -0.3 is 9.64 Å². The summed E-state index contributed by atoms with van der Waals surface area (Å²) in [5.41, 5.74) is 1.38. The number of halogens is 2. The summed E-state index contributed by atoms with van der Waals surface area (Å²) in [5, 5.41) is 0. The van der Waals surface area contributed by atoms with Crippen LogP contribution in [0.3, 0.4) is 0 Å². The van der Waals surface area contributed by atoms with Crippen LogP contribution in [-0.2, 0) is 0 Å². The summed E-state index contributed by atoms with van der Waals surface area (Å²) in [5.74, 6) is -2.22. The van der Waals surface area contributed by atoms with Crippen LogP contribution in [0.25, 0.3) is 0 Å². The highest BCUT2D eigenvalue weighted by molar-refractivity contribution is 5.95. The first-order chi connectivity index (χ1) is 8.84. The molecule has 104 valence electrons. The minimum atomic E-state index is -2.74. The number of benzene rings is 1. The van der Waals surface area contributed by atoms with E-state index in [4.69, 9.17) is 4.74 Å². The fourth-order valence-electron chi connectivity index (χ4n) is 2.16. The molecular formula is C14H17F2NO2. The Bertz CT molecular complexity index is 492. The van der Waals surface area contributed by atoms with Gasteiger partial charge in [0.2, 0.25) is 0 Å². The van der Waals surface area contributed by atoms with E-state index in [0.717, 1.165) is 10.5 Å². The molecular weight excluding hydrogens is 252 g/mol. The van der Waals surface area contributed by atoms with Gasteiger partial charge in [0.25, 0.3) is 11.8 Å². The molecule has 0 spiro atoms. The zero-order valence-electron chi connectivity index (χ0n) is 11.2. The van der Waals surface area contributed by atoms with Crippen molar-refractivity contribution in [2.24, 2.45) is 0 Å². The number of carbonyl (C=O) groups is 1. The minimum Gasteiger partial charge on any atom is -0.496 e. The Labute approximate surface area is 111 Å². The van der Waals surface area contributed by atoms with Crippen molar-refractivity contribution in [1.82, 2.24) is 4.90 Å². The summed E-state index contributed by atoms with van der Waals surface area (Å²) >= 11 is 0. The third-order valence-corrected chi connectivity index (χ3v) is 3.23. The lowest BCUT2D eigenvalue weighted by atomic mass is 9.99. The summed E-state index contributed by atoms with van der Waals surface area (Å²) in [6, 6.07) is 5.10. The molecule has 0 unspecified atom stereocenters. The fourth-order valence-corrected chi connectivity index (χ4v) is 2.16. The molecule has 1 aromatic rings. The van der Waals surface area contributed by atoms with Gasteiger partial charge in [-0.3, -0.25) is 4.79 Å². The number of hydrogen-bond acceptors (Lipinski definition) is 2. The monoisotopic (exact) mass is 269 g/mol. The van der Waals surface area contributed by atoms with E-state index in [1.54, 1.807) is 12.1 Å². The molecule has 1 saturated heterocycles. The van der Waals surface area contributed by atoms with Gasteiger partial charge >= 0.3 is 0 Å². The Balaban J connectivity index is 2.20. The van der Waals surface area contributed by atoms with E-state index in [-0.39, 0.29) is 11.8 Å². The second-order valence-electron chi connectivity index (χ2n) is 5.13. The number of nitrogens with zero attached hydrogens (tertiary/aromatic N) is 1. The van der Waals surface area contributed by atoms with Crippen molar-refractivity contribution in [3.8, 4) is 5.75 Å². The summed E-state index contributed by atoms with van der Waals surface area (Å²) in [6.07, 6.45) is 0. The minimum absolute atomic E-state index is 0.271. The normalized spacial score (nSPS) is 17.3. The van der Waals surface area contributed by atoms with Crippen molar-refractivity contribution >= 4 is 5.91 Å². The first-order valence-electron chi connectivity index (χ1n) is 6.19. The maximum absolute atomic E-state index is 12.8. The van der Waals surface area contributed by atoms with Gasteiger partial charge in [0.1, 0.15) is 5.75 Å². The van der Waals surface area contributed by atoms with E-state index in [9.17, 15) is 13.6 Å². The van der Waals surface area contributed by atoms with Crippen molar-refractivity contribution in [3.63, 3.8) is 0 Å². The Morgan fingerprint density at radius 1 is 1.37 bits per heavy atom. The Kier molecular flexibility index (Phi) is 3.47. The van der Waals surface area contributed by atoms with Crippen LogP contribution in [0.5, 0.6) is 5.75 Å². The van der Waals surface area contributed by atoms with Gasteiger partial charge in [-0.15, -0.1) is 0 Å². The average Bonchev–Trinajstić information content (AvgIpc) is 2.33. The highest BCUT2D eigenvalue weighted by Crippen LogP contribution is 2.31. The van der Waals surface area contributed by atoms with Gasteiger partial charge in [-0.05, 0) is 23.6 Å². The number of rotatable bonds is 3. The molecule has 1 heterocycles. The van der Waals surface area contributed by atoms with Crippen LogP contribution in [0, 0.1) is 0 Å². The number of methoxy groups -OCH3 is 1. The van der Waals surface area contributed by atoms with E-state index in [1.165, 1.54) is 7.11 Å². The summed E-state index contributed by atoms with van der Waals surface area (Å²) in [4.78, 5) is 13.1. The third-order valence-electron chi connectivity index (χ3n) is 3.23. The quantitative estimate of drug-likeness (QED) is 0.844. The number of hydrogen-bond donors (Lipinski definition) is 0. The highest BCUT2D eigenvalue weighted by Gasteiger charge is 2.46. The molecule has 1 aliphatic heterocycles. The summed E-state index contributed by atoms with van der Waals surface area (Å²) in [7, 11) is 1.53. The molecule has 2 rings (SSSR count). The van der Waals surface area contributed by atoms with E-state index >= 15 is 0 Å². The zero-order valence-corrected chi connectivity index (χ0v) is 11.2. The molecule has 1 aliphatic rings. The lowest BCUT2D eigenvalue weighted by Gasteiger charge is -2.38. The van der Waals surface area contributed by atoms with Gasteiger partial charge in [0.05, 0.1) is 20.2 Å². The third kappa shape index (κ3) is 2.69. The first kappa shape index (κ1) is 13.8. The summed E-state index contributed by atoms with van der Waals surface area (Å²) in [6.45, 7) is 3.05. The highest BCUT2D eigenvalue weighted by atomic mass is 19.3. The van der Waals surface area contributed by atoms with E-state index in [2.05, 4.69) is 0 Å². The average molecular weight is 269 g/mol. The maximum atomic E-state index is 12.8. The molecule has 5 heteroatoms. The van der Waals surface area contributed by atoms with Crippen LogP contribution in [0.2, 0.25) is 0 Å². The predicted molar refractivity (Wildman–Crippen MR) is 67.9 cm³/mol. The van der Waals surface area contributed by atoms with Crippen LogP contribution in [0.1, 0.15) is 35.7 Å². The zero-order chi connectivity index (χ0) is 14.2. The summed E-state index contributed by atoms with van der Waals surface area (Å²) < 4.78 is 30.8. The second-order valence-corrected chi connectivity index (χ2v) is 5.13. The van der Waals surface area contributed by atoms with Gasteiger partial charge in [0, 0.05) is 5.56 Å². The van der Waals surface area contributed by atoms with Gasteiger partial charge in [0.15, 0.2) is 0 Å². The predicted octanol–water partition coefficient (Wildman–Crippen LogP) is 2.91. The Morgan fingerprint density at radius 3 is 2.47 bits per heavy atom. The molecule has 0 radical (unpaired) electrons. The Morgan fingerprint density at radius 2 is 2.00 bits per heavy atom. The number of likely N-dealkylation sites (tertiary alicyclic amines) is 1. The fraction of sp³-hybridized carbons (Fsp3) is 0.500. The maximum Gasteiger partial charge on any atom is 0.282 e. The molecule has 1 amide bonds. The van der Waals surface area contributed by atoms with Crippen LogP contribution in [0.4, 0.5) is 8.78 Å². The van der Waals surface area contributed by atoms with Gasteiger partial charge in [-0.25, -0.2) is 8.78 Å². The van der Waals surface area contributed by atoms with Crippen molar-refractivity contribution in [2.45, 2.75) is 25.7 Å². The molecule has 0 atom stereocenters. The number of carbonyl (C=O) groups excluding carboxylic acids is 1. The molecule has 19 heavy (non-hydrogen) atoms. The lowest BCUT2D eigenvalue weighted by Crippen LogP contribution is -2.58. The molecule has 3 nitrogen and oxygen atoms in total. The molecule has 0 aromatic heterocycles. The second kappa shape index (κ2) is 4.79. The van der Waals surface area contributed by atoms with Crippen LogP contribution in [-0.4, -0.2) is 36.9 Å². The van der Waals surface area contributed by atoms with Gasteiger partial charge in [-0.1, -0.05) is 19.9 Å². The SMILES string of the molecule is COc1cc(C(=O)N2CC(F)(F)C2)ccc1C(C)C. The van der Waals surface area contributed by atoms with Crippen molar-refractivity contribution in [1.29, 1.82) is 0 Å². The van der Waals surface area contributed by atoms with Crippen LogP contribution in [0.15, 0.2) is 18.2 Å². The topological polar surface area (TPSA) is 29.5 Å². The van der Waals surface area contributed by atoms with E-state index in [1.807, 2.05) is 19.9 Å². The van der Waals surface area contributed by atoms with Crippen molar-refractivity contribution < 1.29 is 18.3 Å². The molecule has 0 bridgehead atoms. The van der Waals surface area contributed by atoms with Crippen LogP contribution < -0.4 is 4.74 Å². The van der Waals surface area contributed by atoms with Crippen molar-refractivity contribution in [3.05, 3.63) is 29.3 Å². The van der Waals surface area contributed by atoms with E-state index in [0.29, 0.717) is 11.3 Å². The number of ether oxygens (including phenoxy) is 1. The largest absolute Gasteiger partial charge is 0.496 e. The Hall–Kier alpha value is -1.65. The first-order valence-corrected chi connectivity index (χ1v) is 6.19. The number of alkyl halides is 2. The van der Waals surface area contributed by atoms with Crippen molar-refractivity contribution in [2.75, 3.05) is 20.2 Å². The standard InChI is InChI=1S/C14H17F2NO2/c1-9(2)11-5-4-10(6-12(11)19-3)13(18)17-7-14(15,16)8-17/h4-6,9H,7-8H2,1-3H3.